The van der Waals surface area contributed by atoms with Crippen molar-refractivity contribution in [2.75, 3.05) is 39.6 Å². The molecular weight excluding hydrogens is 1350 g/mol. The van der Waals surface area contributed by atoms with E-state index in [2.05, 4.69) is 41.5 Å². The fourth-order valence-corrected chi connectivity index (χ4v) is 14.8. The highest BCUT2D eigenvalue weighted by Crippen LogP contribution is 2.45. The van der Waals surface area contributed by atoms with E-state index in [1.54, 1.807) is 0 Å². The number of phosphoric ester groups is 2. The van der Waals surface area contributed by atoms with Crippen molar-refractivity contribution >= 4 is 39.5 Å². The molecule has 0 rings (SSSR count). The van der Waals surface area contributed by atoms with Crippen LogP contribution in [0.15, 0.2) is 0 Å². The minimum absolute atomic E-state index is 0.106. The Kier molecular flexibility index (Phi) is 75.0. The third kappa shape index (κ3) is 78.2. The number of aliphatic hydroxyl groups excluding tert-OH is 1. The number of aliphatic hydroxyl groups is 1. The number of carbonyl (C=O) groups excluding carboxylic acids is 4. The zero-order valence-electron chi connectivity index (χ0n) is 68.3. The molecule has 0 bridgehead atoms. The molecule has 2 unspecified atom stereocenters. The highest BCUT2D eigenvalue weighted by Gasteiger charge is 2.30. The summed E-state index contributed by atoms with van der Waals surface area (Å²) in [6.45, 7) is 9.60. The first-order valence-electron chi connectivity index (χ1n) is 44.0. The first-order valence-corrected chi connectivity index (χ1v) is 47.0. The van der Waals surface area contributed by atoms with Gasteiger partial charge in [0.1, 0.15) is 19.3 Å². The second-order valence-corrected chi connectivity index (χ2v) is 34.4. The molecule has 0 aromatic rings. The average molecular weight is 1520 g/mol. The molecule has 19 heteroatoms. The molecule has 0 aliphatic heterocycles. The van der Waals surface area contributed by atoms with Crippen molar-refractivity contribution in [1.29, 1.82) is 0 Å². The maximum Gasteiger partial charge on any atom is 0.472 e. The van der Waals surface area contributed by atoms with Crippen LogP contribution >= 0.6 is 15.6 Å². The van der Waals surface area contributed by atoms with Gasteiger partial charge in [0.15, 0.2) is 12.2 Å². The van der Waals surface area contributed by atoms with Crippen LogP contribution in [0.2, 0.25) is 0 Å². The smallest absolute Gasteiger partial charge is 0.462 e. The predicted molar refractivity (Wildman–Crippen MR) is 428 cm³/mol. The third-order valence-corrected chi connectivity index (χ3v) is 21.9. The van der Waals surface area contributed by atoms with Crippen molar-refractivity contribution in [3.05, 3.63) is 0 Å². The molecule has 0 saturated heterocycles. The summed E-state index contributed by atoms with van der Waals surface area (Å²) in [5.74, 6) is -0.636. The van der Waals surface area contributed by atoms with Crippen molar-refractivity contribution < 1.29 is 80.2 Å². The van der Waals surface area contributed by atoms with Crippen LogP contribution in [0.5, 0.6) is 0 Å². The first-order chi connectivity index (χ1) is 50.4. The number of esters is 4. The largest absolute Gasteiger partial charge is 0.472 e. The molecule has 618 valence electrons. The molecule has 0 aromatic heterocycles. The van der Waals surface area contributed by atoms with Crippen molar-refractivity contribution in [3.63, 3.8) is 0 Å². The average Bonchev–Trinajstić information content (AvgIpc) is 0.908. The highest BCUT2D eigenvalue weighted by atomic mass is 31.2. The number of phosphoric acid groups is 2. The van der Waals surface area contributed by atoms with Gasteiger partial charge in [0, 0.05) is 25.7 Å². The zero-order chi connectivity index (χ0) is 76.4. The molecule has 104 heavy (non-hydrogen) atoms. The van der Waals surface area contributed by atoms with E-state index in [4.69, 9.17) is 37.0 Å². The molecule has 0 heterocycles. The number of unbranched alkanes of at least 4 members (excludes halogenated alkanes) is 54. The Balaban J connectivity index is 5.22. The molecule has 0 saturated carbocycles. The van der Waals surface area contributed by atoms with Crippen LogP contribution in [0.1, 0.15) is 452 Å². The van der Waals surface area contributed by atoms with E-state index in [0.29, 0.717) is 31.6 Å². The first kappa shape index (κ1) is 102. The van der Waals surface area contributed by atoms with Crippen LogP contribution in [-0.4, -0.2) is 96.7 Å². The van der Waals surface area contributed by atoms with Gasteiger partial charge in [-0.2, -0.15) is 0 Å². The normalized spacial score (nSPS) is 13.8. The molecule has 0 fully saturated rings. The van der Waals surface area contributed by atoms with Crippen molar-refractivity contribution in [2.24, 2.45) is 11.8 Å². The molecule has 0 radical (unpaired) electrons. The van der Waals surface area contributed by atoms with Crippen LogP contribution in [0.4, 0.5) is 0 Å². The van der Waals surface area contributed by atoms with Gasteiger partial charge in [-0.1, -0.05) is 401 Å². The molecule has 0 spiro atoms. The number of hydrogen-bond acceptors (Lipinski definition) is 15. The molecular formula is C85H166O17P2. The van der Waals surface area contributed by atoms with Gasteiger partial charge in [-0.05, 0) is 37.5 Å². The molecule has 17 nitrogen and oxygen atoms in total. The van der Waals surface area contributed by atoms with Crippen LogP contribution in [-0.2, 0) is 65.4 Å². The van der Waals surface area contributed by atoms with Crippen LogP contribution in [0, 0.1) is 11.8 Å². The summed E-state index contributed by atoms with van der Waals surface area (Å²) in [6, 6.07) is 0. The Labute approximate surface area is 638 Å². The van der Waals surface area contributed by atoms with E-state index in [0.717, 1.165) is 102 Å². The minimum Gasteiger partial charge on any atom is -0.462 e. The lowest BCUT2D eigenvalue weighted by atomic mass is 10.0. The number of rotatable bonds is 84. The molecule has 5 atom stereocenters. The topological polar surface area (TPSA) is 237 Å². The molecule has 0 aromatic carbocycles. The summed E-state index contributed by atoms with van der Waals surface area (Å²) in [4.78, 5) is 73.1. The summed E-state index contributed by atoms with van der Waals surface area (Å²) >= 11 is 0. The molecule has 3 N–H and O–H groups in total. The van der Waals surface area contributed by atoms with Crippen LogP contribution in [0.3, 0.4) is 0 Å². The van der Waals surface area contributed by atoms with E-state index in [1.807, 2.05) is 0 Å². The van der Waals surface area contributed by atoms with Gasteiger partial charge < -0.3 is 33.8 Å². The lowest BCUT2D eigenvalue weighted by Crippen LogP contribution is -2.30. The van der Waals surface area contributed by atoms with Crippen LogP contribution in [0.25, 0.3) is 0 Å². The Morgan fingerprint density at radius 2 is 0.442 bits per heavy atom. The number of ether oxygens (including phenoxy) is 4. The Morgan fingerprint density at radius 3 is 0.654 bits per heavy atom. The van der Waals surface area contributed by atoms with E-state index >= 15 is 0 Å². The van der Waals surface area contributed by atoms with Crippen molar-refractivity contribution in [2.45, 2.75) is 471 Å². The summed E-state index contributed by atoms with van der Waals surface area (Å²) < 4.78 is 68.8. The van der Waals surface area contributed by atoms with Gasteiger partial charge in [0.25, 0.3) is 0 Å². The van der Waals surface area contributed by atoms with Gasteiger partial charge in [-0.15, -0.1) is 0 Å². The monoisotopic (exact) mass is 1520 g/mol. The van der Waals surface area contributed by atoms with Gasteiger partial charge in [0.05, 0.1) is 26.4 Å². The second kappa shape index (κ2) is 76.4. The second-order valence-electron chi connectivity index (χ2n) is 31.5. The Bertz CT molecular complexity index is 1990. The zero-order valence-corrected chi connectivity index (χ0v) is 70.1. The van der Waals surface area contributed by atoms with Gasteiger partial charge in [-0.3, -0.25) is 37.3 Å². The highest BCUT2D eigenvalue weighted by molar-refractivity contribution is 7.47. The maximum absolute atomic E-state index is 13.1. The summed E-state index contributed by atoms with van der Waals surface area (Å²) in [7, 11) is -9.93. The molecule has 0 aliphatic rings. The van der Waals surface area contributed by atoms with Gasteiger partial charge >= 0.3 is 39.5 Å². The Hall–Kier alpha value is -1.94. The van der Waals surface area contributed by atoms with E-state index in [1.165, 1.54) is 263 Å². The predicted octanol–water partition coefficient (Wildman–Crippen LogP) is 25.8. The number of carbonyl (C=O) groups is 4. The molecule has 0 aliphatic carbocycles. The van der Waals surface area contributed by atoms with Crippen molar-refractivity contribution in [3.8, 4) is 0 Å². The van der Waals surface area contributed by atoms with E-state index in [9.17, 15) is 43.2 Å². The summed E-state index contributed by atoms with van der Waals surface area (Å²) in [5.41, 5.74) is 0. The molecule has 0 amide bonds. The summed E-state index contributed by atoms with van der Waals surface area (Å²) in [5, 5.41) is 10.7. The fourth-order valence-electron chi connectivity index (χ4n) is 13.2. The van der Waals surface area contributed by atoms with E-state index < -0.39 is 97.5 Å². The fraction of sp³-hybridized carbons (Fsp3) is 0.953. The lowest BCUT2D eigenvalue weighted by molar-refractivity contribution is -0.161. The maximum atomic E-state index is 13.1. The van der Waals surface area contributed by atoms with E-state index in [-0.39, 0.29) is 25.7 Å². The third-order valence-electron chi connectivity index (χ3n) is 20.0. The SMILES string of the molecule is CCCCCCCCCCCCCCCCCCCCCCCC(=O)O[C@H](COC(=O)CCCCCCCCCCCCCCCCCCCCC)COP(=O)(O)OC[C@@H](O)COP(=O)(O)OC[C@@H](COC(=O)CCCCCCCCCC(C)C)OC(=O)CCCCCCCCCCCCCC(C)C. The van der Waals surface area contributed by atoms with Crippen molar-refractivity contribution in [1.82, 2.24) is 0 Å². The van der Waals surface area contributed by atoms with Crippen LogP contribution < -0.4 is 0 Å². The number of hydrogen-bond donors (Lipinski definition) is 3. The van der Waals surface area contributed by atoms with Gasteiger partial charge in [-0.25, -0.2) is 9.13 Å². The lowest BCUT2D eigenvalue weighted by Gasteiger charge is -2.21. The van der Waals surface area contributed by atoms with Gasteiger partial charge in [0.2, 0.25) is 0 Å². The Morgan fingerprint density at radius 1 is 0.260 bits per heavy atom. The summed E-state index contributed by atoms with van der Waals surface area (Å²) in [6.07, 6.45) is 68.3. The standard InChI is InChI=1S/C85H166O17P2/c1-7-9-11-13-15-17-19-21-23-25-27-28-30-32-34-36-40-44-50-57-63-69-84(89)101-80(73-95-82(87)67-61-55-49-43-39-35-33-31-29-26-24-22-20-18-16-14-12-10-8-2)75-99-103(91,92)97-71-79(86)72-98-104(93,94)100-76-81(74-96-83(88)68-62-56-52-46-48-54-60-66-78(5)6)102-85(90)70-64-58-51-45-41-37-38-42-47-53-59-65-77(3)4/h77-81,86H,7-76H2,1-6H3,(H,91,92)(H,93,94)/t79-,80-,81-/m1/s1. The quantitative estimate of drug-likeness (QED) is 0.0222. The minimum atomic E-state index is -4.97.